The van der Waals surface area contributed by atoms with Crippen LogP contribution in [0.25, 0.3) is 16.9 Å². The molecule has 0 aliphatic rings. The molecule has 4 aromatic rings. The molecule has 0 unspecified atom stereocenters. The molecular weight excluding hydrogens is 464 g/mol. The zero-order valence-corrected chi connectivity index (χ0v) is 21.3. The smallest absolute Gasteiger partial charge is 0.335 e. The standard InChI is InChI=1S/C32H32O5/c1-3-34-31(32(33)35-4-2)23-24-12-18-28(19-13-24)36-22-20-29(25-9-6-5-7-10-25)26-14-16-27(17-15-26)30-11-8-21-37-30/h5-21,31H,3-4,22-23H2,1-2H3/t31-/m0/s1. The summed E-state index contributed by atoms with van der Waals surface area (Å²) >= 11 is 0. The van der Waals surface area contributed by atoms with E-state index in [2.05, 4.69) is 42.5 Å². The molecule has 0 saturated carbocycles. The van der Waals surface area contributed by atoms with E-state index in [0.717, 1.165) is 39.3 Å². The van der Waals surface area contributed by atoms with E-state index in [-0.39, 0.29) is 5.97 Å². The van der Waals surface area contributed by atoms with Gasteiger partial charge in [0.25, 0.3) is 0 Å². The van der Waals surface area contributed by atoms with E-state index < -0.39 is 6.10 Å². The predicted molar refractivity (Wildman–Crippen MR) is 145 cm³/mol. The molecule has 0 aliphatic heterocycles. The van der Waals surface area contributed by atoms with Crippen molar-refractivity contribution in [2.24, 2.45) is 0 Å². The normalized spacial score (nSPS) is 12.2. The van der Waals surface area contributed by atoms with Crippen molar-refractivity contribution < 1.29 is 23.4 Å². The zero-order chi connectivity index (χ0) is 25.9. The molecule has 4 rings (SSSR count). The number of rotatable bonds is 12. The SMILES string of the molecule is CCOC(=O)[C@H](Cc1ccc(OCC=C(c2ccccc2)c2ccc(-c3ccco3)cc2)cc1)OCC. The lowest BCUT2D eigenvalue weighted by atomic mass is 9.96. The van der Waals surface area contributed by atoms with Gasteiger partial charge in [-0.05, 0) is 66.5 Å². The van der Waals surface area contributed by atoms with E-state index in [0.29, 0.717) is 26.2 Å². The Hall–Kier alpha value is -4.09. The van der Waals surface area contributed by atoms with Crippen LogP contribution < -0.4 is 4.74 Å². The summed E-state index contributed by atoms with van der Waals surface area (Å²) in [6.45, 7) is 4.86. The highest BCUT2D eigenvalue weighted by Gasteiger charge is 2.20. The van der Waals surface area contributed by atoms with Gasteiger partial charge in [0.1, 0.15) is 18.1 Å². The highest BCUT2D eigenvalue weighted by molar-refractivity contribution is 5.80. The van der Waals surface area contributed by atoms with Crippen molar-refractivity contribution in [1.29, 1.82) is 0 Å². The summed E-state index contributed by atoms with van der Waals surface area (Å²) in [6.07, 6.45) is 3.63. The third-order valence-electron chi connectivity index (χ3n) is 5.89. The molecule has 1 heterocycles. The van der Waals surface area contributed by atoms with Crippen molar-refractivity contribution >= 4 is 11.5 Å². The van der Waals surface area contributed by atoms with Crippen LogP contribution in [-0.2, 0) is 20.7 Å². The lowest BCUT2D eigenvalue weighted by Crippen LogP contribution is -2.28. The van der Waals surface area contributed by atoms with Gasteiger partial charge in [0.05, 0.1) is 12.9 Å². The molecule has 0 fully saturated rings. The van der Waals surface area contributed by atoms with E-state index in [1.54, 1.807) is 13.2 Å². The maximum Gasteiger partial charge on any atom is 0.335 e. The van der Waals surface area contributed by atoms with E-state index >= 15 is 0 Å². The number of hydrogen-bond donors (Lipinski definition) is 0. The van der Waals surface area contributed by atoms with Gasteiger partial charge in [0.15, 0.2) is 6.10 Å². The van der Waals surface area contributed by atoms with Crippen LogP contribution in [0.3, 0.4) is 0 Å². The van der Waals surface area contributed by atoms with Gasteiger partial charge < -0.3 is 18.6 Å². The summed E-state index contributed by atoms with van der Waals surface area (Å²) in [4.78, 5) is 12.1. The van der Waals surface area contributed by atoms with E-state index in [1.807, 2.05) is 61.5 Å². The van der Waals surface area contributed by atoms with Crippen LogP contribution in [0.15, 0.2) is 108 Å². The van der Waals surface area contributed by atoms with Crippen molar-refractivity contribution in [2.45, 2.75) is 26.4 Å². The van der Waals surface area contributed by atoms with Gasteiger partial charge in [-0.1, -0.05) is 66.7 Å². The first-order valence-corrected chi connectivity index (χ1v) is 12.6. The second-order valence-corrected chi connectivity index (χ2v) is 8.39. The maximum atomic E-state index is 12.1. The second kappa shape index (κ2) is 13.3. The summed E-state index contributed by atoms with van der Waals surface area (Å²) in [5.74, 6) is 1.27. The molecule has 190 valence electrons. The summed E-state index contributed by atoms with van der Waals surface area (Å²) in [6, 6.07) is 30.2. The molecule has 1 aromatic heterocycles. The quantitative estimate of drug-likeness (QED) is 0.198. The Kier molecular flexibility index (Phi) is 9.33. The minimum absolute atomic E-state index is 0.333. The molecule has 0 spiro atoms. The average molecular weight is 497 g/mol. The Labute approximate surface area is 218 Å². The first-order chi connectivity index (χ1) is 18.2. The van der Waals surface area contributed by atoms with Gasteiger partial charge in [0, 0.05) is 18.6 Å². The fourth-order valence-corrected chi connectivity index (χ4v) is 4.08. The zero-order valence-electron chi connectivity index (χ0n) is 21.3. The monoisotopic (exact) mass is 496 g/mol. The number of carbonyl (C=O) groups excluding carboxylic acids is 1. The third kappa shape index (κ3) is 7.21. The highest BCUT2D eigenvalue weighted by atomic mass is 16.6. The molecule has 0 aliphatic carbocycles. The Morgan fingerprint density at radius 3 is 2.22 bits per heavy atom. The van der Waals surface area contributed by atoms with Crippen LogP contribution >= 0.6 is 0 Å². The van der Waals surface area contributed by atoms with Gasteiger partial charge in [-0.3, -0.25) is 0 Å². The van der Waals surface area contributed by atoms with Crippen molar-refractivity contribution in [2.75, 3.05) is 19.8 Å². The van der Waals surface area contributed by atoms with Crippen LogP contribution in [0.5, 0.6) is 5.75 Å². The molecule has 5 heteroatoms. The molecule has 0 saturated heterocycles. The molecule has 0 amide bonds. The van der Waals surface area contributed by atoms with Crippen LogP contribution in [0.1, 0.15) is 30.5 Å². The predicted octanol–water partition coefficient (Wildman–Crippen LogP) is 6.97. The Morgan fingerprint density at radius 1 is 0.838 bits per heavy atom. The van der Waals surface area contributed by atoms with E-state index in [9.17, 15) is 4.79 Å². The maximum absolute atomic E-state index is 12.1. The highest BCUT2D eigenvalue weighted by Crippen LogP contribution is 2.27. The van der Waals surface area contributed by atoms with E-state index in [1.165, 1.54) is 0 Å². The number of furan rings is 1. The number of esters is 1. The topological polar surface area (TPSA) is 57.9 Å². The second-order valence-electron chi connectivity index (χ2n) is 8.39. The fraction of sp³-hybridized carbons (Fsp3) is 0.219. The summed E-state index contributed by atoms with van der Waals surface area (Å²) in [5.41, 5.74) is 5.33. The van der Waals surface area contributed by atoms with Crippen LogP contribution in [0, 0.1) is 0 Å². The summed E-state index contributed by atoms with van der Waals surface area (Å²) in [7, 11) is 0. The molecule has 1 atom stereocenters. The van der Waals surface area contributed by atoms with Gasteiger partial charge in [-0.2, -0.15) is 0 Å². The molecule has 0 bridgehead atoms. The van der Waals surface area contributed by atoms with Gasteiger partial charge >= 0.3 is 5.97 Å². The molecule has 3 aromatic carbocycles. The van der Waals surface area contributed by atoms with Crippen molar-refractivity contribution in [3.63, 3.8) is 0 Å². The van der Waals surface area contributed by atoms with Crippen molar-refractivity contribution in [3.05, 3.63) is 120 Å². The molecule has 5 nitrogen and oxygen atoms in total. The number of carbonyl (C=O) groups is 1. The average Bonchev–Trinajstić information content (AvgIpc) is 3.48. The first kappa shape index (κ1) is 26.0. The Bertz CT molecular complexity index is 1260. The van der Waals surface area contributed by atoms with Crippen molar-refractivity contribution in [1.82, 2.24) is 0 Å². The molecule has 0 N–H and O–H groups in total. The minimum atomic E-state index is -0.604. The van der Waals surface area contributed by atoms with Crippen LogP contribution in [0.4, 0.5) is 0 Å². The van der Waals surface area contributed by atoms with Gasteiger partial charge in [0.2, 0.25) is 0 Å². The molecular formula is C32H32O5. The van der Waals surface area contributed by atoms with Gasteiger partial charge in [-0.25, -0.2) is 4.79 Å². The lowest BCUT2D eigenvalue weighted by Gasteiger charge is -2.15. The number of ether oxygens (including phenoxy) is 3. The Balaban J connectivity index is 1.44. The van der Waals surface area contributed by atoms with Crippen molar-refractivity contribution in [3.8, 4) is 17.1 Å². The minimum Gasteiger partial charge on any atom is -0.490 e. The van der Waals surface area contributed by atoms with Crippen LogP contribution in [-0.4, -0.2) is 31.9 Å². The Morgan fingerprint density at radius 2 is 1.57 bits per heavy atom. The van der Waals surface area contributed by atoms with Crippen LogP contribution in [0.2, 0.25) is 0 Å². The summed E-state index contributed by atoms with van der Waals surface area (Å²) < 4.78 is 22.3. The van der Waals surface area contributed by atoms with E-state index in [4.69, 9.17) is 18.6 Å². The van der Waals surface area contributed by atoms with Gasteiger partial charge in [-0.15, -0.1) is 0 Å². The lowest BCUT2D eigenvalue weighted by molar-refractivity contribution is -0.156. The fourth-order valence-electron chi connectivity index (χ4n) is 4.08. The molecule has 0 radical (unpaired) electrons. The first-order valence-electron chi connectivity index (χ1n) is 12.6. The number of benzene rings is 3. The summed E-state index contributed by atoms with van der Waals surface area (Å²) in [5, 5.41) is 0. The third-order valence-corrected chi connectivity index (χ3v) is 5.89. The number of hydrogen-bond acceptors (Lipinski definition) is 5. The largest absolute Gasteiger partial charge is 0.490 e. The molecule has 37 heavy (non-hydrogen) atoms.